The lowest BCUT2D eigenvalue weighted by atomic mass is 10.1. The van der Waals surface area contributed by atoms with E-state index >= 15 is 0 Å². The Morgan fingerprint density at radius 1 is 1.31 bits per heavy atom. The molecule has 78 valence electrons. The Kier molecular flexibility index (Phi) is 3.74. The van der Waals surface area contributed by atoms with Crippen LogP contribution in [0.3, 0.4) is 0 Å². The Morgan fingerprint density at radius 2 is 1.92 bits per heavy atom. The zero-order valence-corrected chi connectivity index (χ0v) is 9.56. The fraction of sp³-hybridized carbons (Fsp3) is 1.00. The summed E-state index contributed by atoms with van der Waals surface area (Å²) in [7, 11) is 2.22. The highest BCUT2D eigenvalue weighted by atomic mass is 15.1. The van der Waals surface area contributed by atoms with Crippen molar-refractivity contribution in [3.63, 3.8) is 0 Å². The Bertz CT molecular complexity index is 145. The number of nitrogens with one attached hydrogen (secondary N) is 1. The van der Waals surface area contributed by atoms with Gasteiger partial charge in [0.1, 0.15) is 0 Å². The zero-order valence-electron chi connectivity index (χ0n) is 9.56. The van der Waals surface area contributed by atoms with Crippen LogP contribution in [0.4, 0.5) is 0 Å². The molecule has 0 bridgehead atoms. The van der Waals surface area contributed by atoms with Crippen molar-refractivity contribution in [1.29, 1.82) is 0 Å². The third-order valence-electron chi connectivity index (χ3n) is 2.42. The molecule has 1 fully saturated rings. The van der Waals surface area contributed by atoms with Crippen molar-refractivity contribution in [2.45, 2.75) is 39.2 Å². The molecule has 1 N–H and O–H groups in total. The summed E-state index contributed by atoms with van der Waals surface area (Å²) in [6.45, 7) is 10.2. The largest absolute Gasteiger partial charge is 0.311 e. The molecule has 0 aliphatic heterocycles. The lowest BCUT2D eigenvalue weighted by Crippen LogP contribution is -2.40. The molecular weight excluding hydrogens is 160 g/mol. The monoisotopic (exact) mass is 184 g/mol. The summed E-state index contributed by atoms with van der Waals surface area (Å²) in [5, 5.41) is 3.50. The molecule has 0 aromatic rings. The molecule has 0 atom stereocenters. The maximum atomic E-state index is 3.50. The SMILES string of the molecule is CN(CCNC(C)(C)C)CC1CC1. The van der Waals surface area contributed by atoms with Gasteiger partial charge in [0.25, 0.3) is 0 Å². The van der Waals surface area contributed by atoms with Crippen molar-refractivity contribution in [3.8, 4) is 0 Å². The molecule has 0 aromatic carbocycles. The third kappa shape index (κ3) is 6.05. The van der Waals surface area contributed by atoms with Gasteiger partial charge < -0.3 is 10.2 Å². The quantitative estimate of drug-likeness (QED) is 0.700. The van der Waals surface area contributed by atoms with Crippen molar-refractivity contribution in [3.05, 3.63) is 0 Å². The molecule has 0 unspecified atom stereocenters. The van der Waals surface area contributed by atoms with E-state index in [2.05, 4.69) is 38.0 Å². The Labute approximate surface area is 82.7 Å². The molecule has 2 heteroatoms. The van der Waals surface area contributed by atoms with Crippen LogP contribution in [0.1, 0.15) is 33.6 Å². The lowest BCUT2D eigenvalue weighted by molar-refractivity contribution is 0.299. The van der Waals surface area contributed by atoms with Crippen LogP contribution in [0.15, 0.2) is 0 Å². The van der Waals surface area contributed by atoms with Gasteiger partial charge in [0.2, 0.25) is 0 Å². The topological polar surface area (TPSA) is 15.3 Å². The van der Waals surface area contributed by atoms with Gasteiger partial charge in [-0.05, 0) is 46.6 Å². The highest BCUT2D eigenvalue weighted by Gasteiger charge is 2.22. The first-order chi connectivity index (χ1) is 5.97. The van der Waals surface area contributed by atoms with Gasteiger partial charge in [-0.25, -0.2) is 0 Å². The van der Waals surface area contributed by atoms with E-state index in [0.717, 1.165) is 12.5 Å². The first kappa shape index (κ1) is 11.0. The minimum Gasteiger partial charge on any atom is -0.311 e. The first-order valence-electron chi connectivity index (χ1n) is 5.41. The van der Waals surface area contributed by atoms with E-state index in [0.29, 0.717) is 0 Å². The smallest absolute Gasteiger partial charge is 0.0104 e. The Balaban J connectivity index is 1.97. The van der Waals surface area contributed by atoms with Gasteiger partial charge in [-0.1, -0.05) is 0 Å². The van der Waals surface area contributed by atoms with Crippen LogP contribution in [0.5, 0.6) is 0 Å². The molecule has 1 saturated carbocycles. The Morgan fingerprint density at radius 3 is 2.38 bits per heavy atom. The van der Waals surface area contributed by atoms with Gasteiger partial charge in [-0.3, -0.25) is 0 Å². The fourth-order valence-electron chi connectivity index (χ4n) is 1.45. The van der Waals surface area contributed by atoms with Crippen molar-refractivity contribution in [2.24, 2.45) is 5.92 Å². The van der Waals surface area contributed by atoms with Crippen LogP contribution in [0, 0.1) is 5.92 Å². The molecule has 0 spiro atoms. The lowest BCUT2D eigenvalue weighted by Gasteiger charge is -2.23. The summed E-state index contributed by atoms with van der Waals surface area (Å²) < 4.78 is 0. The van der Waals surface area contributed by atoms with Crippen LogP contribution in [0.2, 0.25) is 0 Å². The van der Waals surface area contributed by atoms with Crippen molar-refractivity contribution >= 4 is 0 Å². The molecule has 0 radical (unpaired) electrons. The van der Waals surface area contributed by atoms with Crippen molar-refractivity contribution < 1.29 is 0 Å². The second kappa shape index (κ2) is 4.43. The highest BCUT2D eigenvalue weighted by Crippen LogP contribution is 2.29. The van der Waals surface area contributed by atoms with Crippen LogP contribution in [-0.4, -0.2) is 37.1 Å². The van der Waals surface area contributed by atoms with Crippen LogP contribution >= 0.6 is 0 Å². The molecule has 13 heavy (non-hydrogen) atoms. The highest BCUT2D eigenvalue weighted by molar-refractivity contribution is 4.77. The normalized spacial score (nSPS) is 18.2. The second-order valence-electron chi connectivity index (χ2n) is 5.38. The van der Waals surface area contributed by atoms with Crippen molar-refractivity contribution in [1.82, 2.24) is 10.2 Å². The van der Waals surface area contributed by atoms with E-state index in [-0.39, 0.29) is 5.54 Å². The maximum absolute atomic E-state index is 3.50. The summed E-state index contributed by atoms with van der Waals surface area (Å²) in [4.78, 5) is 2.44. The summed E-state index contributed by atoms with van der Waals surface area (Å²) in [5.41, 5.74) is 0.264. The minimum atomic E-state index is 0.264. The van der Waals surface area contributed by atoms with Crippen LogP contribution in [0.25, 0.3) is 0 Å². The van der Waals surface area contributed by atoms with Crippen LogP contribution in [-0.2, 0) is 0 Å². The molecule has 1 aliphatic rings. The molecule has 0 aromatic heterocycles. The molecule has 0 amide bonds. The second-order valence-corrected chi connectivity index (χ2v) is 5.38. The number of nitrogens with zero attached hydrogens (tertiary/aromatic N) is 1. The van der Waals surface area contributed by atoms with E-state index in [4.69, 9.17) is 0 Å². The van der Waals surface area contributed by atoms with E-state index in [1.165, 1.54) is 25.9 Å². The van der Waals surface area contributed by atoms with Gasteiger partial charge in [0.05, 0.1) is 0 Å². The van der Waals surface area contributed by atoms with Crippen molar-refractivity contribution in [2.75, 3.05) is 26.7 Å². The van der Waals surface area contributed by atoms with Gasteiger partial charge in [0, 0.05) is 25.2 Å². The summed E-state index contributed by atoms with van der Waals surface area (Å²) in [6.07, 6.45) is 2.91. The third-order valence-corrected chi connectivity index (χ3v) is 2.42. The van der Waals surface area contributed by atoms with Gasteiger partial charge in [-0.15, -0.1) is 0 Å². The molecule has 2 nitrogen and oxygen atoms in total. The molecule has 1 rings (SSSR count). The molecule has 0 saturated heterocycles. The summed E-state index contributed by atoms with van der Waals surface area (Å²) in [5.74, 6) is 1.01. The summed E-state index contributed by atoms with van der Waals surface area (Å²) >= 11 is 0. The van der Waals surface area contributed by atoms with E-state index in [9.17, 15) is 0 Å². The van der Waals surface area contributed by atoms with Crippen LogP contribution < -0.4 is 5.32 Å². The molecule has 1 aliphatic carbocycles. The number of hydrogen-bond donors (Lipinski definition) is 1. The number of rotatable bonds is 5. The standard InChI is InChI=1S/C11H24N2/c1-11(2,3)12-7-8-13(4)9-10-5-6-10/h10,12H,5-9H2,1-4H3. The average Bonchev–Trinajstić information content (AvgIpc) is 2.68. The molecular formula is C11H24N2. The predicted octanol–water partition coefficient (Wildman–Crippen LogP) is 1.72. The first-order valence-corrected chi connectivity index (χ1v) is 5.41. The van der Waals surface area contributed by atoms with E-state index < -0.39 is 0 Å². The zero-order chi connectivity index (χ0) is 9.90. The predicted molar refractivity (Wildman–Crippen MR) is 58.0 cm³/mol. The van der Waals surface area contributed by atoms with Gasteiger partial charge >= 0.3 is 0 Å². The number of likely N-dealkylation sites (N-methyl/N-ethyl adjacent to an activating group) is 1. The van der Waals surface area contributed by atoms with E-state index in [1.54, 1.807) is 0 Å². The average molecular weight is 184 g/mol. The fourth-order valence-corrected chi connectivity index (χ4v) is 1.45. The minimum absolute atomic E-state index is 0.264. The van der Waals surface area contributed by atoms with Gasteiger partial charge in [0.15, 0.2) is 0 Å². The maximum Gasteiger partial charge on any atom is 0.0104 e. The Hall–Kier alpha value is -0.0800. The van der Waals surface area contributed by atoms with Gasteiger partial charge in [-0.2, -0.15) is 0 Å². The van der Waals surface area contributed by atoms with E-state index in [1.807, 2.05) is 0 Å². The number of hydrogen-bond acceptors (Lipinski definition) is 2. The summed E-state index contributed by atoms with van der Waals surface area (Å²) in [6, 6.07) is 0. The molecule has 0 heterocycles.